The van der Waals surface area contributed by atoms with Crippen LogP contribution < -0.4 is 5.32 Å². The largest absolute Gasteiger partial charge is 0.353 e. The molecular formula is C22H32N2O. The highest BCUT2D eigenvalue weighted by Gasteiger charge is 2.28. The summed E-state index contributed by atoms with van der Waals surface area (Å²) in [5.41, 5.74) is 2.75. The molecule has 1 amide bonds. The molecule has 3 aliphatic rings. The quantitative estimate of drug-likeness (QED) is 0.821. The first kappa shape index (κ1) is 17.1. The van der Waals surface area contributed by atoms with Crippen molar-refractivity contribution in [3.05, 3.63) is 35.4 Å². The number of benzene rings is 1. The predicted molar refractivity (Wildman–Crippen MR) is 102 cm³/mol. The highest BCUT2D eigenvalue weighted by molar-refractivity contribution is 5.76. The second-order valence-electron chi connectivity index (χ2n) is 8.43. The molecule has 25 heavy (non-hydrogen) atoms. The van der Waals surface area contributed by atoms with E-state index in [1.165, 1.54) is 75.6 Å². The van der Waals surface area contributed by atoms with Gasteiger partial charge in [0.1, 0.15) is 0 Å². The maximum absolute atomic E-state index is 11.8. The Morgan fingerprint density at radius 1 is 0.960 bits per heavy atom. The van der Waals surface area contributed by atoms with E-state index in [9.17, 15) is 4.79 Å². The molecule has 0 aromatic heterocycles. The molecule has 1 aromatic rings. The number of piperidine rings is 1. The summed E-state index contributed by atoms with van der Waals surface area (Å²) in [6.07, 6.45) is 12.1. The van der Waals surface area contributed by atoms with Gasteiger partial charge in [-0.1, -0.05) is 30.7 Å². The van der Waals surface area contributed by atoms with Crippen molar-refractivity contribution in [3.8, 4) is 0 Å². The zero-order valence-corrected chi connectivity index (χ0v) is 15.4. The van der Waals surface area contributed by atoms with Gasteiger partial charge < -0.3 is 10.2 Å². The van der Waals surface area contributed by atoms with Crippen LogP contribution in [-0.4, -0.2) is 36.0 Å². The van der Waals surface area contributed by atoms with Crippen molar-refractivity contribution in [2.45, 2.75) is 76.3 Å². The van der Waals surface area contributed by atoms with E-state index in [2.05, 4.69) is 34.5 Å². The van der Waals surface area contributed by atoms with Crippen LogP contribution in [0.3, 0.4) is 0 Å². The van der Waals surface area contributed by atoms with Crippen molar-refractivity contribution in [1.29, 1.82) is 0 Å². The van der Waals surface area contributed by atoms with Crippen LogP contribution in [0.4, 0.5) is 0 Å². The topological polar surface area (TPSA) is 32.3 Å². The molecule has 0 bridgehead atoms. The van der Waals surface area contributed by atoms with Gasteiger partial charge in [0, 0.05) is 18.5 Å². The molecule has 0 unspecified atom stereocenters. The van der Waals surface area contributed by atoms with Crippen LogP contribution in [0.5, 0.6) is 0 Å². The van der Waals surface area contributed by atoms with E-state index in [4.69, 9.17) is 0 Å². The van der Waals surface area contributed by atoms with Crippen molar-refractivity contribution in [2.75, 3.05) is 13.1 Å². The molecule has 1 heterocycles. The first-order chi connectivity index (χ1) is 12.3. The van der Waals surface area contributed by atoms with Gasteiger partial charge in [0.2, 0.25) is 5.91 Å². The van der Waals surface area contributed by atoms with Gasteiger partial charge in [0.15, 0.2) is 0 Å². The van der Waals surface area contributed by atoms with Gasteiger partial charge in [-0.15, -0.1) is 0 Å². The molecule has 0 radical (unpaired) electrons. The highest BCUT2D eigenvalue weighted by atomic mass is 16.1. The van der Waals surface area contributed by atoms with Crippen LogP contribution in [0, 0.1) is 5.92 Å². The number of nitrogens with zero attached hydrogens (tertiary/aromatic N) is 1. The molecule has 3 fully saturated rings. The molecule has 2 saturated carbocycles. The van der Waals surface area contributed by atoms with Gasteiger partial charge in [-0.05, 0) is 81.5 Å². The summed E-state index contributed by atoms with van der Waals surface area (Å²) in [5.74, 6) is 1.07. The number of aryl methyl sites for hydroxylation is 1. The second-order valence-corrected chi connectivity index (χ2v) is 8.43. The van der Waals surface area contributed by atoms with Gasteiger partial charge >= 0.3 is 0 Å². The number of carbonyl (C=O) groups is 1. The van der Waals surface area contributed by atoms with Crippen LogP contribution in [0.1, 0.15) is 62.5 Å². The Balaban J connectivity index is 1.18. The fourth-order valence-corrected chi connectivity index (χ4v) is 4.23. The van der Waals surface area contributed by atoms with Crippen molar-refractivity contribution < 1.29 is 4.79 Å². The third kappa shape index (κ3) is 4.84. The minimum absolute atomic E-state index is 0.213. The lowest BCUT2D eigenvalue weighted by molar-refractivity contribution is -0.121. The maximum atomic E-state index is 11.8. The number of likely N-dealkylation sites (tertiary alicyclic amines) is 1. The first-order valence-electron chi connectivity index (χ1n) is 10.4. The monoisotopic (exact) mass is 340 g/mol. The minimum Gasteiger partial charge on any atom is -0.353 e. The third-order valence-electron chi connectivity index (χ3n) is 6.37. The van der Waals surface area contributed by atoms with Crippen LogP contribution in [0.15, 0.2) is 24.3 Å². The van der Waals surface area contributed by atoms with Gasteiger partial charge in [0.25, 0.3) is 0 Å². The Morgan fingerprint density at radius 2 is 1.64 bits per heavy atom. The molecule has 2 aliphatic carbocycles. The predicted octanol–water partition coefficient (Wildman–Crippen LogP) is 3.70. The molecule has 4 rings (SSSR count). The zero-order chi connectivity index (χ0) is 17.1. The SMILES string of the molecule is O=C(CCc1ccc(CC2CCN(C3CCC3)CC2)cc1)NC1CC1. The summed E-state index contributed by atoms with van der Waals surface area (Å²) in [5, 5.41) is 3.07. The fourth-order valence-electron chi connectivity index (χ4n) is 4.23. The summed E-state index contributed by atoms with van der Waals surface area (Å²) in [6, 6.07) is 10.4. The zero-order valence-electron chi connectivity index (χ0n) is 15.4. The summed E-state index contributed by atoms with van der Waals surface area (Å²) in [6.45, 7) is 2.62. The Kier molecular flexibility index (Phi) is 5.40. The summed E-state index contributed by atoms with van der Waals surface area (Å²) in [4.78, 5) is 14.5. The van der Waals surface area contributed by atoms with Gasteiger partial charge in [-0.25, -0.2) is 0 Å². The Hall–Kier alpha value is -1.35. The Morgan fingerprint density at radius 3 is 2.24 bits per heavy atom. The second kappa shape index (κ2) is 7.90. The third-order valence-corrected chi connectivity index (χ3v) is 6.37. The highest BCUT2D eigenvalue weighted by Crippen LogP contribution is 2.30. The van der Waals surface area contributed by atoms with Crippen LogP contribution >= 0.6 is 0 Å². The molecule has 3 heteroatoms. The van der Waals surface area contributed by atoms with Crippen molar-refractivity contribution >= 4 is 5.91 Å². The number of carbonyl (C=O) groups excluding carboxylic acids is 1. The van der Waals surface area contributed by atoms with E-state index in [1.54, 1.807) is 0 Å². The summed E-state index contributed by atoms with van der Waals surface area (Å²) >= 11 is 0. The molecule has 1 aromatic carbocycles. The van der Waals surface area contributed by atoms with Crippen LogP contribution in [0.2, 0.25) is 0 Å². The average Bonchev–Trinajstić information content (AvgIpc) is 3.38. The van der Waals surface area contributed by atoms with Crippen LogP contribution in [-0.2, 0) is 17.6 Å². The summed E-state index contributed by atoms with van der Waals surface area (Å²) < 4.78 is 0. The lowest BCUT2D eigenvalue weighted by Crippen LogP contribution is -2.45. The van der Waals surface area contributed by atoms with Gasteiger partial charge in [-0.2, -0.15) is 0 Å². The fraction of sp³-hybridized carbons (Fsp3) is 0.682. The molecular weight excluding hydrogens is 308 g/mol. The van der Waals surface area contributed by atoms with Gasteiger partial charge in [-0.3, -0.25) is 4.79 Å². The average molecular weight is 341 g/mol. The minimum atomic E-state index is 0.213. The maximum Gasteiger partial charge on any atom is 0.220 e. The Labute approximate surface area is 152 Å². The first-order valence-corrected chi connectivity index (χ1v) is 10.4. The van der Waals surface area contributed by atoms with Crippen molar-refractivity contribution in [3.63, 3.8) is 0 Å². The molecule has 0 spiro atoms. The normalized spacial score (nSPS) is 22.6. The number of hydrogen-bond donors (Lipinski definition) is 1. The smallest absolute Gasteiger partial charge is 0.220 e. The number of amides is 1. The molecule has 0 atom stereocenters. The molecule has 1 N–H and O–H groups in total. The number of nitrogens with one attached hydrogen (secondary N) is 1. The van der Waals surface area contributed by atoms with E-state index in [-0.39, 0.29) is 5.91 Å². The van der Waals surface area contributed by atoms with Crippen LogP contribution in [0.25, 0.3) is 0 Å². The number of hydrogen-bond acceptors (Lipinski definition) is 2. The lowest BCUT2D eigenvalue weighted by Gasteiger charge is -2.41. The molecule has 3 nitrogen and oxygen atoms in total. The summed E-state index contributed by atoms with van der Waals surface area (Å²) in [7, 11) is 0. The molecule has 136 valence electrons. The van der Waals surface area contributed by atoms with E-state index < -0.39 is 0 Å². The van der Waals surface area contributed by atoms with Gasteiger partial charge in [0.05, 0.1) is 0 Å². The van der Waals surface area contributed by atoms with Crippen molar-refractivity contribution in [2.24, 2.45) is 5.92 Å². The van der Waals surface area contributed by atoms with E-state index in [1.807, 2.05) is 0 Å². The molecule has 1 saturated heterocycles. The van der Waals surface area contributed by atoms with Crippen molar-refractivity contribution in [1.82, 2.24) is 10.2 Å². The number of rotatable bonds is 7. The van der Waals surface area contributed by atoms with E-state index in [0.717, 1.165) is 18.4 Å². The molecule has 1 aliphatic heterocycles. The lowest BCUT2D eigenvalue weighted by atomic mass is 9.85. The Bertz CT molecular complexity index is 566. The van der Waals surface area contributed by atoms with E-state index in [0.29, 0.717) is 12.5 Å². The van der Waals surface area contributed by atoms with E-state index >= 15 is 0 Å². The standard InChI is InChI=1S/C22H32N2O/c25-22(23-20-9-10-20)11-8-17-4-6-18(7-5-17)16-19-12-14-24(15-13-19)21-2-1-3-21/h4-7,19-21H,1-3,8-16H2,(H,23,25).